The van der Waals surface area contributed by atoms with Crippen molar-refractivity contribution in [2.75, 3.05) is 58.2 Å². The number of carbonyl (C=O) groups is 1. The number of piperazine rings is 3. The summed E-state index contributed by atoms with van der Waals surface area (Å²) >= 11 is 6.14. The fourth-order valence-corrected chi connectivity index (χ4v) is 3.78. The van der Waals surface area contributed by atoms with Crippen LogP contribution in [0.4, 0.5) is 5.69 Å². The summed E-state index contributed by atoms with van der Waals surface area (Å²) in [6.45, 7) is 6.77. The van der Waals surface area contributed by atoms with Gasteiger partial charge >= 0.3 is 0 Å². The molecule has 0 aromatic heterocycles. The van der Waals surface area contributed by atoms with Crippen molar-refractivity contribution >= 4 is 48.0 Å². The highest BCUT2D eigenvalue weighted by molar-refractivity contribution is 6.34. The lowest BCUT2D eigenvalue weighted by Crippen LogP contribution is -2.63. The molecule has 4 aliphatic rings. The number of carbonyl (C=O) groups excluding carboxylic acids is 1. The smallest absolute Gasteiger partial charge is 0.255 e. The van der Waals surface area contributed by atoms with Crippen molar-refractivity contribution in [2.45, 2.75) is 6.04 Å². The lowest BCUT2D eigenvalue weighted by atomic mass is 10.1. The molecule has 10 heteroatoms. The van der Waals surface area contributed by atoms with E-state index >= 15 is 0 Å². The average molecular weight is 426 g/mol. The molecule has 0 unspecified atom stereocenters. The molecule has 0 saturated carbocycles. The van der Waals surface area contributed by atoms with Crippen LogP contribution in [0.2, 0.25) is 5.02 Å². The molecule has 3 saturated heterocycles. The minimum Gasteiger partial charge on any atom is -0.485 e. The normalized spacial score (nSPS) is 25.7. The number of amides is 1. The number of hydrogen-bond donors (Lipinski definition) is 2. The van der Waals surface area contributed by atoms with Gasteiger partial charge in [0, 0.05) is 45.3 Å². The highest BCUT2D eigenvalue weighted by atomic mass is 35.5. The van der Waals surface area contributed by atoms with Gasteiger partial charge in [-0.3, -0.25) is 14.6 Å². The molecule has 0 aliphatic carbocycles. The van der Waals surface area contributed by atoms with Crippen LogP contribution < -0.4 is 20.5 Å². The first kappa shape index (κ1) is 21.2. The number of benzene rings is 1. The number of rotatable bonds is 3. The molecule has 4 aliphatic heterocycles. The molecule has 1 atom stereocenters. The number of hydrogen-bond acceptors (Lipinski definition) is 6. The lowest BCUT2D eigenvalue weighted by molar-refractivity contribution is 0.0138. The van der Waals surface area contributed by atoms with Crippen molar-refractivity contribution in [3.63, 3.8) is 0 Å². The first-order chi connectivity index (χ1) is 11.6. The van der Waals surface area contributed by atoms with E-state index in [9.17, 15) is 4.79 Å². The summed E-state index contributed by atoms with van der Waals surface area (Å²) in [7, 11) is 0. The van der Waals surface area contributed by atoms with Crippen molar-refractivity contribution in [1.29, 1.82) is 0 Å². The third-order valence-electron chi connectivity index (χ3n) is 4.94. The highest BCUT2D eigenvalue weighted by Gasteiger charge is 2.32. The van der Waals surface area contributed by atoms with E-state index in [0.717, 1.165) is 32.7 Å². The van der Waals surface area contributed by atoms with Crippen molar-refractivity contribution in [3.05, 3.63) is 16.7 Å². The zero-order valence-electron chi connectivity index (χ0n) is 14.2. The summed E-state index contributed by atoms with van der Waals surface area (Å²) in [5.74, 6) is 0.539. The third-order valence-corrected chi connectivity index (χ3v) is 5.25. The Morgan fingerprint density at radius 3 is 2.46 bits per heavy atom. The second-order valence-corrected chi connectivity index (χ2v) is 6.78. The molecule has 0 radical (unpaired) electrons. The number of ether oxygens (including phenoxy) is 2. The fraction of sp³-hybridized carbons (Fsp3) is 0.562. The van der Waals surface area contributed by atoms with Gasteiger partial charge in [0.1, 0.15) is 13.2 Å². The molecular weight excluding hydrogens is 403 g/mol. The van der Waals surface area contributed by atoms with Crippen molar-refractivity contribution in [1.82, 2.24) is 15.1 Å². The van der Waals surface area contributed by atoms with Gasteiger partial charge in [-0.15, -0.1) is 24.8 Å². The first-order valence-electron chi connectivity index (χ1n) is 8.25. The topological polar surface area (TPSA) is 80.1 Å². The third kappa shape index (κ3) is 3.92. The molecule has 1 aromatic rings. The molecule has 0 spiro atoms. The van der Waals surface area contributed by atoms with Gasteiger partial charge in [0.2, 0.25) is 0 Å². The maximum Gasteiger partial charge on any atom is 0.255 e. The first-order valence-corrected chi connectivity index (χ1v) is 8.63. The van der Waals surface area contributed by atoms with E-state index in [4.69, 9.17) is 26.8 Å². The van der Waals surface area contributed by atoms with E-state index in [0.29, 0.717) is 53.6 Å². The van der Waals surface area contributed by atoms with Crippen LogP contribution in [0.5, 0.6) is 11.5 Å². The van der Waals surface area contributed by atoms with E-state index in [-0.39, 0.29) is 30.7 Å². The van der Waals surface area contributed by atoms with Gasteiger partial charge in [-0.05, 0) is 6.07 Å². The largest absolute Gasteiger partial charge is 0.485 e. The lowest BCUT2D eigenvalue weighted by Gasteiger charge is -2.47. The number of nitrogens with two attached hydrogens (primary N) is 1. The van der Waals surface area contributed by atoms with Gasteiger partial charge in [0.15, 0.2) is 11.5 Å². The van der Waals surface area contributed by atoms with Crippen molar-refractivity contribution in [2.24, 2.45) is 0 Å². The van der Waals surface area contributed by atoms with Crippen LogP contribution in [0.25, 0.3) is 0 Å². The van der Waals surface area contributed by atoms with Gasteiger partial charge in [-0.1, -0.05) is 11.6 Å². The van der Waals surface area contributed by atoms with E-state index in [1.807, 2.05) is 0 Å². The van der Waals surface area contributed by atoms with Crippen LogP contribution in [0.1, 0.15) is 10.4 Å². The van der Waals surface area contributed by atoms with Crippen LogP contribution >= 0.6 is 36.4 Å². The van der Waals surface area contributed by atoms with Crippen LogP contribution in [0, 0.1) is 0 Å². The minimum absolute atomic E-state index is 0. The second-order valence-electron chi connectivity index (χ2n) is 6.38. The summed E-state index contributed by atoms with van der Waals surface area (Å²) in [5, 5.41) is 3.31. The molecular formula is C16H23Cl3N4O3. The Labute approximate surface area is 169 Å². The van der Waals surface area contributed by atoms with Crippen molar-refractivity contribution in [3.8, 4) is 11.5 Å². The van der Waals surface area contributed by atoms with Gasteiger partial charge in [-0.2, -0.15) is 0 Å². The molecule has 4 heterocycles. The molecule has 146 valence electrons. The Bertz CT molecular complexity index is 669. The number of nitrogens with zero attached hydrogens (tertiary/aromatic N) is 2. The molecule has 1 amide bonds. The molecule has 26 heavy (non-hydrogen) atoms. The Morgan fingerprint density at radius 1 is 1.19 bits per heavy atom. The molecule has 5 rings (SSSR count). The number of nitrogens with one attached hydrogen (secondary N) is 1. The Kier molecular flexibility index (Phi) is 7.10. The Hall–Kier alpha value is -1.12. The Balaban J connectivity index is 0.00000121. The van der Waals surface area contributed by atoms with E-state index in [1.165, 1.54) is 0 Å². The van der Waals surface area contributed by atoms with Crippen LogP contribution in [0.15, 0.2) is 6.07 Å². The maximum absolute atomic E-state index is 12.7. The van der Waals surface area contributed by atoms with Gasteiger partial charge in [0.05, 0.1) is 16.3 Å². The maximum atomic E-state index is 12.7. The molecule has 1 aromatic carbocycles. The van der Waals surface area contributed by atoms with Gasteiger partial charge in [-0.25, -0.2) is 0 Å². The highest BCUT2D eigenvalue weighted by Crippen LogP contribution is 2.43. The number of anilines is 1. The predicted molar refractivity (Wildman–Crippen MR) is 105 cm³/mol. The molecule has 7 nitrogen and oxygen atoms in total. The SMILES string of the molecule is Cl.Cl.Nc1c(Cl)cc(C(=O)NC[C@@H]2CN3CCN2CC3)c2c1OCCO2. The Morgan fingerprint density at radius 2 is 1.85 bits per heavy atom. The van der Waals surface area contributed by atoms with E-state index < -0.39 is 0 Å². The van der Waals surface area contributed by atoms with Crippen LogP contribution in [-0.4, -0.2) is 74.2 Å². The monoisotopic (exact) mass is 424 g/mol. The summed E-state index contributed by atoms with van der Waals surface area (Å²) in [4.78, 5) is 17.5. The van der Waals surface area contributed by atoms with Crippen LogP contribution in [0.3, 0.4) is 0 Å². The summed E-state index contributed by atoms with van der Waals surface area (Å²) in [6.07, 6.45) is 0. The van der Waals surface area contributed by atoms with E-state index in [1.54, 1.807) is 6.07 Å². The zero-order chi connectivity index (χ0) is 16.7. The zero-order valence-corrected chi connectivity index (χ0v) is 16.6. The van der Waals surface area contributed by atoms with E-state index in [2.05, 4.69) is 15.1 Å². The standard InChI is InChI=1S/C16H21ClN4O3.2ClH/c17-12-7-11(14-15(13(12)18)24-6-5-23-14)16(22)19-8-10-9-20-1-3-21(10)4-2-20;;/h7,10H,1-6,8-9,18H2,(H,19,22);2*1H/t10-;;/m1../s1. The van der Waals surface area contributed by atoms with Crippen LogP contribution in [-0.2, 0) is 0 Å². The quantitative estimate of drug-likeness (QED) is 0.710. The molecule has 3 N–H and O–H groups in total. The molecule has 2 bridgehead atoms. The summed E-state index contributed by atoms with van der Waals surface area (Å²) < 4.78 is 11.1. The second kappa shape index (κ2) is 8.71. The average Bonchev–Trinajstić information content (AvgIpc) is 2.64. The number of nitrogen functional groups attached to an aromatic ring is 1. The van der Waals surface area contributed by atoms with Gasteiger partial charge in [0.25, 0.3) is 5.91 Å². The number of fused-ring (bicyclic) bond motifs is 4. The van der Waals surface area contributed by atoms with Gasteiger partial charge < -0.3 is 20.5 Å². The van der Waals surface area contributed by atoms with Crippen molar-refractivity contribution < 1.29 is 14.3 Å². The minimum atomic E-state index is -0.212. The predicted octanol–water partition coefficient (Wildman–Crippen LogP) is 1.27. The summed E-state index contributed by atoms with van der Waals surface area (Å²) in [6, 6.07) is 1.91. The number of halogens is 3. The molecule has 3 fully saturated rings. The summed E-state index contributed by atoms with van der Waals surface area (Å²) in [5.41, 5.74) is 6.61. The fourth-order valence-electron chi connectivity index (χ4n) is 3.59.